The first-order valence-electron chi connectivity index (χ1n) is 11.6. The Balaban J connectivity index is 1.24. The molecule has 0 spiro atoms. The van der Waals surface area contributed by atoms with Crippen LogP contribution in [0.3, 0.4) is 0 Å². The number of aromatic nitrogens is 2. The number of carbonyl (C=O) groups excluding carboxylic acids is 1. The highest BCUT2D eigenvalue weighted by Crippen LogP contribution is 2.27. The smallest absolute Gasteiger partial charge is 0.255 e. The summed E-state index contributed by atoms with van der Waals surface area (Å²) in [4.78, 5) is 16.6. The van der Waals surface area contributed by atoms with E-state index in [4.69, 9.17) is 9.84 Å². The molecule has 0 bridgehead atoms. The van der Waals surface area contributed by atoms with E-state index in [0.717, 1.165) is 35.8 Å². The maximum Gasteiger partial charge on any atom is 0.255 e. The summed E-state index contributed by atoms with van der Waals surface area (Å²) in [6.07, 6.45) is 1.81. The Morgan fingerprint density at radius 3 is 2.44 bits per heavy atom. The molecule has 0 aliphatic carbocycles. The van der Waals surface area contributed by atoms with E-state index in [1.54, 1.807) is 11.3 Å². The van der Waals surface area contributed by atoms with Gasteiger partial charge in [-0.2, -0.15) is 5.10 Å². The van der Waals surface area contributed by atoms with Gasteiger partial charge in [0.05, 0.1) is 29.7 Å². The van der Waals surface area contributed by atoms with Crippen LogP contribution in [0.1, 0.15) is 21.5 Å². The average Bonchev–Trinajstić information content (AvgIpc) is 3.54. The van der Waals surface area contributed by atoms with Gasteiger partial charge in [0.25, 0.3) is 5.91 Å². The Morgan fingerprint density at radius 1 is 1.00 bits per heavy atom. The Morgan fingerprint density at radius 2 is 1.74 bits per heavy atom. The van der Waals surface area contributed by atoms with Crippen LogP contribution in [0.2, 0.25) is 0 Å². The molecule has 6 nitrogen and oxygen atoms in total. The standard InChI is InChI=1S/C27H28N4O2S/c32-27(28-16-23-19-30(13-14-33-23)17-21-8-3-1-4-9-21)24-20-31(18-22-10-5-2-6-11-22)29-26(24)25-12-7-15-34-25/h1-12,15,20,23H,13-14,16-19H2,(H,28,32). The van der Waals surface area contributed by atoms with Crippen LogP contribution < -0.4 is 5.32 Å². The van der Waals surface area contributed by atoms with Crippen molar-refractivity contribution < 1.29 is 9.53 Å². The fourth-order valence-electron chi connectivity index (χ4n) is 4.23. The molecular formula is C27H28N4O2S. The van der Waals surface area contributed by atoms with Crippen LogP contribution in [0, 0.1) is 0 Å². The van der Waals surface area contributed by atoms with Gasteiger partial charge >= 0.3 is 0 Å². The second kappa shape index (κ2) is 10.8. The molecule has 2 aromatic heterocycles. The largest absolute Gasteiger partial charge is 0.374 e. The van der Waals surface area contributed by atoms with E-state index in [1.165, 1.54) is 5.56 Å². The van der Waals surface area contributed by atoms with E-state index in [2.05, 4.69) is 46.6 Å². The highest BCUT2D eigenvalue weighted by Gasteiger charge is 2.23. The van der Waals surface area contributed by atoms with Gasteiger partial charge in [-0.25, -0.2) is 0 Å². The summed E-state index contributed by atoms with van der Waals surface area (Å²) in [5.41, 5.74) is 3.75. The quantitative estimate of drug-likeness (QED) is 0.416. The van der Waals surface area contributed by atoms with E-state index in [0.29, 0.717) is 25.3 Å². The van der Waals surface area contributed by atoms with E-state index in [1.807, 2.05) is 52.7 Å². The number of hydrogen-bond donors (Lipinski definition) is 1. The Kier molecular flexibility index (Phi) is 7.14. The molecule has 1 aliphatic heterocycles. The lowest BCUT2D eigenvalue weighted by Crippen LogP contribution is -2.47. The van der Waals surface area contributed by atoms with Crippen molar-refractivity contribution in [3.8, 4) is 10.6 Å². The first-order chi connectivity index (χ1) is 16.7. The summed E-state index contributed by atoms with van der Waals surface area (Å²) in [7, 11) is 0. The van der Waals surface area contributed by atoms with Crippen LogP contribution in [-0.2, 0) is 17.8 Å². The summed E-state index contributed by atoms with van der Waals surface area (Å²) < 4.78 is 7.79. The fourth-order valence-corrected chi connectivity index (χ4v) is 4.95. The molecule has 0 radical (unpaired) electrons. The van der Waals surface area contributed by atoms with Gasteiger partial charge in [0.1, 0.15) is 5.69 Å². The number of rotatable bonds is 8. The lowest BCUT2D eigenvalue weighted by atomic mass is 10.1. The third-order valence-corrected chi connectivity index (χ3v) is 6.79. The number of carbonyl (C=O) groups is 1. The zero-order chi connectivity index (χ0) is 23.2. The second-order valence-corrected chi connectivity index (χ2v) is 9.42. The second-order valence-electron chi connectivity index (χ2n) is 8.48. The van der Waals surface area contributed by atoms with Gasteiger partial charge in [0.15, 0.2) is 0 Å². The summed E-state index contributed by atoms with van der Waals surface area (Å²) in [6, 6.07) is 24.6. The topological polar surface area (TPSA) is 59.4 Å². The van der Waals surface area contributed by atoms with E-state index in [9.17, 15) is 4.79 Å². The van der Waals surface area contributed by atoms with Gasteiger partial charge in [-0.1, -0.05) is 66.7 Å². The third-order valence-electron chi connectivity index (χ3n) is 5.91. The summed E-state index contributed by atoms with van der Waals surface area (Å²) in [6.45, 7) is 4.34. The third kappa shape index (κ3) is 5.62. The van der Waals surface area contributed by atoms with Crippen molar-refractivity contribution in [2.24, 2.45) is 0 Å². The highest BCUT2D eigenvalue weighted by molar-refractivity contribution is 7.13. The molecule has 4 aromatic rings. The highest BCUT2D eigenvalue weighted by atomic mass is 32.1. The number of nitrogens with one attached hydrogen (secondary N) is 1. The zero-order valence-corrected chi connectivity index (χ0v) is 19.8. The van der Waals surface area contributed by atoms with Crippen molar-refractivity contribution in [3.05, 3.63) is 101 Å². The van der Waals surface area contributed by atoms with Crippen molar-refractivity contribution in [2.75, 3.05) is 26.2 Å². The maximum absolute atomic E-state index is 13.2. The van der Waals surface area contributed by atoms with Crippen LogP contribution in [0.5, 0.6) is 0 Å². The van der Waals surface area contributed by atoms with Crippen molar-refractivity contribution in [3.63, 3.8) is 0 Å². The number of morpholine rings is 1. The Labute approximate surface area is 203 Å². The molecular weight excluding hydrogens is 444 g/mol. The van der Waals surface area contributed by atoms with Crippen molar-refractivity contribution >= 4 is 17.2 Å². The van der Waals surface area contributed by atoms with Gasteiger partial charge in [-0.05, 0) is 22.6 Å². The Bertz CT molecular complexity index is 1190. The minimum absolute atomic E-state index is 0.0361. The van der Waals surface area contributed by atoms with Crippen LogP contribution in [0.15, 0.2) is 84.4 Å². The molecule has 1 fully saturated rings. The van der Waals surface area contributed by atoms with Crippen LogP contribution in [0.4, 0.5) is 0 Å². The maximum atomic E-state index is 13.2. The zero-order valence-electron chi connectivity index (χ0n) is 19.0. The van der Waals surface area contributed by atoms with Gasteiger partial charge in [-0.3, -0.25) is 14.4 Å². The molecule has 7 heteroatoms. The van der Waals surface area contributed by atoms with Crippen molar-refractivity contribution in [2.45, 2.75) is 19.2 Å². The van der Waals surface area contributed by atoms with Gasteiger partial charge < -0.3 is 10.1 Å². The Hall–Kier alpha value is -3.26. The normalized spacial score (nSPS) is 16.4. The number of hydrogen-bond acceptors (Lipinski definition) is 5. The van der Waals surface area contributed by atoms with E-state index in [-0.39, 0.29) is 12.0 Å². The molecule has 34 heavy (non-hydrogen) atoms. The first-order valence-corrected chi connectivity index (χ1v) is 12.4. The molecule has 1 aliphatic rings. The van der Waals surface area contributed by atoms with Gasteiger partial charge in [-0.15, -0.1) is 11.3 Å². The SMILES string of the molecule is O=C(NCC1CN(Cc2ccccc2)CCO1)c1cn(Cc2ccccc2)nc1-c1cccs1. The molecule has 174 valence electrons. The monoisotopic (exact) mass is 472 g/mol. The number of ether oxygens (including phenoxy) is 1. The molecule has 1 unspecified atom stereocenters. The summed E-state index contributed by atoms with van der Waals surface area (Å²) in [5, 5.41) is 9.85. The van der Waals surface area contributed by atoms with Gasteiger partial charge in [0, 0.05) is 32.4 Å². The number of nitrogens with zero attached hydrogens (tertiary/aromatic N) is 3. The molecule has 2 aromatic carbocycles. The van der Waals surface area contributed by atoms with Crippen molar-refractivity contribution in [1.29, 1.82) is 0 Å². The molecule has 5 rings (SSSR count). The first kappa shape index (κ1) is 22.5. The predicted octanol–water partition coefficient (Wildman–Crippen LogP) is 4.29. The summed E-state index contributed by atoms with van der Waals surface area (Å²) >= 11 is 1.59. The van der Waals surface area contributed by atoms with Crippen LogP contribution in [0.25, 0.3) is 10.6 Å². The molecule has 1 N–H and O–H groups in total. The van der Waals surface area contributed by atoms with Crippen LogP contribution >= 0.6 is 11.3 Å². The minimum Gasteiger partial charge on any atom is -0.374 e. The fraction of sp³-hybridized carbons (Fsp3) is 0.259. The molecule has 1 saturated heterocycles. The van der Waals surface area contributed by atoms with E-state index >= 15 is 0 Å². The lowest BCUT2D eigenvalue weighted by Gasteiger charge is -2.33. The number of amides is 1. The predicted molar refractivity (Wildman–Crippen MR) is 135 cm³/mol. The summed E-state index contributed by atoms with van der Waals surface area (Å²) in [5.74, 6) is -0.119. The van der Waals surface area contributed by atoms with Crippen molar-refractivity contribution in [1.82, 2.24) is 20.0 Å². The molecule has 3 heterocycles. The minimum atomic E-state index is -0.119. The molecule has 1 atom stereocenters. The molecule has 1 amide bonds. The molecule has 0 saturated carbocycles. The lowest BCUT2D eigenvalue weighted by molar-refractivity contribution is -0.0292. The average molecular weight is 473 g/mol. The van der Waals surface area contributed by atoms with Crippen LogP contribution in [-0.4, -0.2) is 52.9 Å². The number of thiophene rings is 1. The number of benzene rings is 2. The van der Waals surface area contributed by atoms with Gasteiger partial charge in [0.2, 0.25) is 0 Å². The van der Waals surface area contributed by atoms with E-state index < -0.39 is 0 Å².